The summed E-state index contributed by atoms with van der Waals surface area (Å²) in [5.41, 5.74) is 3.94. The molecule has 0 bridgehead atoms. The standard InChI is InChI=1S/C25H23N3O3S2/c1-17(15-31-25(30)21-13-26-16-32-21)28(14-19-9-5-3-6-10-19)24(29)22-23(33-18(2)27-22)20-11-7-4-8-12-20/h3-13,16-17H,14-15H2,1-2H3. The summed E-state index contributed by atoms with van der Waals surface area (Å²) in [6, 6.07) is 19.2. The van der Waals surface area contributed by atoms with E-state index in [4.69, 9.17) is 4.74 Å². The molecule has 1 atom stereocenters. The number of aromatic nitrogens is 2. The molecule has 0 fully saturated rings. The van der Waals surface area contributed by atoms with Crippen LogP contribution in [0, 0.1) is 6.92 Å². The second-order valence-electron chi connectivity index (χ2n) is 7.51. The van der Waals surface area contributed by atoms with E-state index in [9.17, 15) is 9.59 Å². The minimum atomic E-state index is -0.439. The van der Waals surface area contributed by atoms with Crippen LogP contribution in [-0.4, -0.2) is 39.4 Å². The molecule has 8 heteroatoms. The Morgan fingerprint density at radius 1 is 1.06 bits per heavy atom. The number of carbonyl (C=O) groups is 2. The van der Waals surface area contributed by atoms with Gasteiger partial charge in [0.2, 0.25) is 0 Å². The van der Waals surface area contributed by atoms with Crippen LogP contribution in [-0.2, 0) is 11.3 Å². The van der Waals surface area contributed by atoms with Gasteiger partial charge in [0, 0.05) is 6.54 Å². The minimum Gasteiger partial charge on any atom is -0.459 e. The summed E-state index contributed by atoms with van der Waals surface area (Å²) in [5.74, 6) is -0.630. The van der Waals surface area contributed by atoms with Crippen LogP contribution in [0.3, 0.4) is 0 Å². The molecule has 168 valence electrons. The Bertz CT molecular complexity index is 1210. The van der Waals surface area contributed by atoms with E-state index in [1.807, 2.05) is 74.5 Å². The Labute approximate surface area is 200 Å². The second-order valence-corrected chi connectivity index (χ2v) is 9.60. The van der Waals surface area contributed by atoms with Crippen molar-refractivity contribution < 1.29 is 14.3 Å². The Morgan fingerprint density at radius 3 is 2.42 bits per heavy atom. The third kappa shape index (κ3) is 5.53. The predicted molar refractivity (Wildman–Crippen MR) is 130 cm³/mol. The number of aryl methyl sites for hydroxylation is 1. The Hall–Kier alpha value is -3.36. The van der Waals surface area contributed by atoms with Crippen LogP contribution in [0.1, 0.15) is 37.7 Å². The molecule has 0 aliphatic heterocycles. The molecule has 0 spiro atoms. The maximum Gasteiger partial charge on any atom is 0.350 e. The van der Waals surface area contributed by atoms with Gasteiger partial charge in [-0.05, 0) is 25.0 Å². The van der Waals surface area contributed by atoms with Gasteiger partial charge in [0.05, 0.1) is 27.6 Å². The fourth-order valence-electron chi connectivity index (χ4n) is 3.38. The number of thiazole rings is 2. The van der Waals surface area contributed by atoms with Crippen LogP contribution >= 0.6 is 22.7 Å². The van der Waals surface area contributed by atoms with Gasteiger partial charge in [-0.15, -0.1) is 22.7 Å². The summed E-state index contributed by atoms with van der Waals surface area (Å²) in [5, 5.41) is 0.821. The molecular weight excluding hydrogens is 454 g/mol. The summed E-state index contributed by atoms with van der Waals surface area (Å²) in [6.07, 6.45) is 1.48. The summed E-state index contributed by atoms with van der Waals surface area (Å²) >= 11 is 2.72. The van der Waals surface area contributed by atoms with Gasteiger partial charge < -0.3 is 9.64 Å². The highest BCUT2D eigenvalue weighted by molar-refractivity contribution is 7.15. The molecule has 1 unspecified atom stereocenters. The molecule has 2 aromatic heterocycles. The molecule has 0 aliphatic rings. The van der Waals surface area contributed by atoms with Crippen molar-refractivity contribution in [2.45, 2.75) is 26.4 Å². The van der Waals surface area contributed by atoms with Crippen molar-refractivity contribution in [1.82, 2.24) is 14.9 Å². The van der Waals surface area contributed by atoms with Gasteiger partial charge in [0.25, 0.3) is 5.91 Å². The molecule has 2 heterocycles. The smallest absolute Gasteiger partial charge is 0.350 e. The van der Waals surface area contributed by atoms with Gasteiger partial charge in [0.1, 0.15) is 17.2 Å². The zero-order valence-electron chi connectivity index (χ0n) is 18.3. The first kappa shape index (κ1) is 22.8. The maximum absolute atomic E-state index is 13.8. The van der Waals surface area contributed by atoms with Crippen LogP contribution in [0.15, 0.2) is 72.4 Å². The number of benzene rings is 2. The lowest BCUT2D eigenvalue weighted by Crippen LogP contribution is -2.41. The molecule has 0 saturated heterocycles. The number of amides is 1. The fraction of sp³-hybridized carbons (Fsp3) is 0.200. The normalized spacial score (nSPS) is 11.7. The molecule has 6 nitrogen and oxygen atoms in total. The molecule has 2 aromatic carbocycles. The minimum absolute atomic E-state index is 0.0685. The number of carbonyl (C=O) groups excluding carboxylic acids is 2. The van der Waals surface area contributed by atoms with Crippen molar-refractivity contribution in [2.24, 2.45) is 0 Å². The zero-order chi connectivity index (χ0) is 23.2. The van der Waals surface area contributed by atoms with Crippen molar-refractivity contribution in [3.8, 4) is 10.4 Å². The zero-order valence-corrected chi connectivity index (χ0v) is 19.9. The van der Waals surface area contributed by atoms with Crippen molar-refractivity contribution in [3.63, 3.8) is 0 Å². The van der Waals surface area contributed by atoms with E-state index in [1.165, 1.54) is 28.9 Å². The number of esters is 1. The van der Waals surface area contributed by atoms with Crippen LogP contribution in [0.4, 0.5) is 0 Å². The third-order valence-corrected chi connectivity index (χ3v) is 6.82. The van der Waals surface area contributed by atoms with Crippen LogP contribution in [0.25, 0.3) is 10.4 Å². The number of nitrogens with zero attached hydrogens (tertiary/aromatic N) is 3. The van der Waals surface area contributed by atoms with E-state index < -0.39 is 5.97 Å². The quantitative estimate of drug-likeness (QED) is 0.315. The van der Waals surface area contributed by atoms with E-state index >= 15 is 0 Å². The van der Waals surface area contributed by atoms with E-state index in [0.29, 0.717) is 17.1 Å². The molecule has 0 N–H and O–H groups in total. The molecule has 4 rings (SSSR count). The van der Waals surface area contributed by atoms with Gasteiger partial charge in [-0.3, -0.25) is 9.78 Å². The first-order valence-electron chi connectivity index (χ1n) is 10.5. The van der Waals surface area contributed by atoms with Gasteiger partial charge in [-0.1, -0.05) is 60.7 Å². The first-order chi connectivity index (χ1) is 16.0. The van der Waals surface area contributed by atoms with Gasteiger partial charge in [0.15, 0.2) is 0 Å². The molecule has 0 saturated carbocycles. The monoisotopic (exact) mass is 477 g/mol. The number of hydrogen-bond acceptors (Lipinski definition) is 7. The molecular formula is C25H23N3O3S2. The summed E-state index contributed by atoms with van der Waals surface area (Å²) in [4.78, 5) is 37.6. The average molecular weight is 478 g/mol. The lowest BCUT2D eigenvalue weighted by molar-refractivity contribution is 0.0329. The largest absolute Gasteiger partial charge is 0.459 e. The summed E-state index contributed by atoms with van der Waals surface area (Å²) in [7, 11) is 0. The highest BCUT2D eigenvalue weighted by atomic mass is 32.1. The van der Waals surface area contributed by atoms with Crippen LogP contribution in [0.5, 0.6) is 0 Å². The highest BCUT2D eigenvalue weighted by Crippen LogP contribution is 2.31. The van der Waals surface area contributed by atoms with Crippen molar-refractivity contribution in [1.29, 1.82) is 0 Å². The SMILES string of the molecule is Cc1nc(C(=O)N(Cc2ccccc2)C(C)COC(=O)c2cncs2)c(-c2ccccc2)s1. The summed E-state index contributed by atoms with van der Waals surface area (Å²) in [6.45, 7) is 4.22. The summed E-state index contributed by atoms with van der Waals surface area (Å²) < 4.78 is 5.49. The van der Waals surface area contributed by atoms with Crippen molar-refractivity contribution in [3.05, 3.63) is 93.5 Å². The molecule has 0 aliphatic carbocycles. The molecule has 33 heavy (non-hydrogen) atoms. The average Bonchev–Trinajstić information content (AvgIpc) is 3.52. The topological polar surface area (TPSA) is 72.4 Å². The van der Waals surface area contributed by atoms with Crippen LogP contribution in [0.2, 0.25) is 0 Å². The predicted octanol–water partition coefficient (Wildman–Crippen LogP) is 5.46. The number of rotatable bonds is 8. The van der Waals surface area contributed by atoms with Gasteiger partial charge in [-0.25, -0.2) is 9.78 Å². The van der Waals surface area contributed by atoms with E-state index in [-0.39, 0.29) is 18.6 Å². The van der Waals surface area contributed by atoms with Crippen molar-refractivity contribution >= 4 is 34.6 Å². The maximum atomic E-state index is 13.8. The Kier molecular flexibility index (Phi) is 7.26. The fourth-order valence-corrected chi connectivity index (χ4v) is 4.80. The van der Waals surface area contributed by atoms with Crippen molar-refractivity contribution in [2.75, 3.05) is 6.61 Å². The second kappa shape index (κ2) is 10.5. The number of ether oxygens (including phenoxy) is 1. The molecule has 1 amide bonds. The first-order valence-corrected chi connectivity index (χ1v) is 12.2. The van der Waals surface area contributed by atoms with Crippen LogP contribution < -0.4 is 0 Å². The molecule has 0 radical (unpaired) electrons. The lowest BCUT2D eigenvalue weighted by Gasteiger charge is -2.29. The lowest BCUT2D eigenvalue weighted by atomic mass is 10.1. The van der Waals surface area contributed by atoms with E-state index in [2.05, 4.69) is 9.97 Å². The number of hydrogen-bond donors (Lipinski definition) is 0. The van der Waals surface area contributed by atoms with Gasteiger partial charge in [-0.2, -0.15) is 0 Å². The highest BCUT2D eigenvalue weighted by Gasteiger charge is 2.28. The van der Waals surface area contributed by atoms with Gasteiger partial charge >= 0.3 is 5.97 Å². The van der Waals surface area contributed by atoms with E-state index in [0.717, 1.165) is 21.0 Å². The Morgan fingerprint density at radius 2 is 1.76 bits per heavy atom. The van der Waals surface area contributed by atoms with E-state index in [1.54, 1.807) is 10.4 Å². The third-order valence-electron chi connectivity index (χ3n) is 5.05. The Balaban J connectivity index is 1.61. The molecule has 4 aromatic rings.